The van der Waals surface area contributed by atoms with Gasteiger partial charge in [-0.1, -0.05) is 32.0 Å². The molecule has 7 aliphatic rings. The Bertz CT molecular complexity index is 1340. The van der Waals surface area contributed by atoms with E-state index in [1.807, 2.05) is 18.2 Å². The molecule has 8 rings (SSSR count). The summed E-state index contributed by atoms with van der Waals surface area (Å²) >= 11 is 0. The molecular formula is C33H43NO9. The number of likely N-dealkylation sites (tertiary alicyclic amines) is 1. The van der Waals surface area contributed by atoms with Crippen molar-refractivity contribution in [3.05, 3.63) is 35.9 Å². The van der Waals surface area contributed by atoms with E-state index >= 15 is 0 Å². The van der Waals surface area contributed by atoms with Gasteiger partial charge in [0.15, 0.2) is 5.60 Å². The summed E-state index contributed by atoms with van der Waals surface area (Å²) in [6.45, 7) is 7.36. The summed E-state index contributed by atoms with van der Waals surface area (Å²) in [6.07, 6.45) is 0.313. The molecule has 234 valence electrons. The number of nitrogens with zero attached hydrogens (tertiary/aromatic N) is 1. The highest BCUT2D eigenvalue weighted by molar-refractivity contribution is 5.89. The molecule has 10 nitrogen and oxygen atoms in total. The average molecular weight is 598 g/mol. The lowest BCUT2D eigenvalue weighted by Gasteiger charge is -2.71. The zero-order valence-electron chi connectivity index (χ0n) is 25.6. The Hall–Kier alpha value is -2.08. The smallest absolute Gasteiger partial charge is 0.338 e. The van der Waals surface area contributed by atoms with Crippen LogP contribution >= 0.6 is 0 Å². The second-order valence-electron chi connectivity index (χ2n) is 14.4. The number of benzene rings is 1. The summed E-state index contributed by atoms with van der Waals surface area (Å²) in [4.78, 5) is 29.1. The molecule has 1 aromatic rings. The van der Waals surface area contributed by atoms with E-state index in [9.17, 15) is 14.7 Å². The summed E-state index contributed by atoms with van der Waals surface area (Å²) in [7, 11) is 3.39. The molecule has 1 aromatic carbocycles. The number of piperidine rings is 1. The molecule has 2 heterocycles. The SMILES string of the molecule is CCN1C[C@]2(C)CC[C@@H](OC)[C@@]34C1[C@]1(OCO[C@@]15C[C@H](OC)[C@H]1C[C@]3(O)[C@@H]5[C@H]1OC(=O)c1ccccc1)[C@@H](OC(C)=O)[C@H]24. The van der Waals surface area contributed by atoms with Crippen LogP contribution in [-0.4, -0.2) is 103 Å². The second kappa shape index (κ2) is 9.01. The van der Waals surface area contributed by atoms with Crippen molar-refractivity contribution in [2.45, 2.75) is 93.7 Å². The van der Waals surface area contributed by atoms with Gasteiger partial charge < -0.3 is 33.5 Å². The topological polar surface area (TPSA) is 113 Å². The third-order valence-corrected chi connectivity index (χ3v) is 13.2. The minimum absolute atomic E-state index is 0.0178. The Kier molecular flexibility index (Phi) is 5.95. The lowest BCUT2D eigenvalue weighted by molar-refractivity contribution is -0.330. The quantitative estimate of drug-likeness (QED) is 0.491. The van der Waals surface area contributed by atoms with Gasteiger partial charge in [0.05, 0.1) is 40.7 Å². The highest BCUT2D eigenvalue weighted by atomic mass is 16.7. The van der Waals surface area contributed by atoms with Crippen LogP contribution in [0.4, 0.5) is 0 Å². The molecule has 3 spiro atoms. The van der Waals surface area contributed by atoms with Crippen LogP contribution in [0.2, 0.25) is 0 Å². The van der Waals surface area contributed by atoms with Crippen molar-refractivity contribution >= 4 is 11.9 Å². The van der Waals surface area contributed by atoms with Crippen LogP contribution in [0.25, 0.3) is 0 Å². The first-order valence-corrected chi connectivity index (χ1v) is 15.8. The first kappa shape index (κ1) is 28.4. The minimum Gasteiger partial charge on any atom is -0.459 e. The number of ether oxygens (including phenoxy) is 6. The monoisotopic (exact) mass is 597 g/mol. The molecule has 10 heteroatoms. The molecule has 2 saturated heterocycles. The number of hydrogen-bond acceptors (Lipinski definition) is 10. The van der Waals surface area contributed by atoms with Crippen LogP contribution in [0, 0.1) is 28.6 Å². The van der Waals surface area contributed by atoms with E-state index in [2.05, 4.69) is 18.7 Å². The number of fused-ring (bicyclic) bond motifs is 1. The van der Waals surface area contributed by atoms with E-state index in [1.54, 1.807) is 26.4 Å². The van der Waals surface area contributed by atoms with Crippen LogP contribution in [0.15, 0.2) is 30.3 Å². The van der Waals surface area contributed by atoms with E-state index in [0.717, 1.165) is 25.9 Å². The fourth-order valence-electron chi connectivity index (χ4n) is 12.4. The Labute approximate surface area is 252 Å². The summed E-state index contributed by atoms with van der Waals surface area (Å²) in [6, 6.07) is 8.60. The van der Waals surface area contributed by atoms with Crippen LogP contribution in [0.5, 0.6) is 0 Å². The highest BCUT2D eigenvalue weighted by Gasteiger charge is 2.98. The van der Waals surface area contributed by atoms with Gasteiger partial charge in [-0.25, -0.2) is 4.79 Å². The van der Waals surface area contributed by atoms with Gasteiger partial charge in [-0.15, -0.1) is 0 Å². The van der Waals surface area contributed by atoms with Crippen molar-refractivity contribution < 1.29 is 43.1 Å². The molecule has 5 aliphatic carbocycles. The molecule has 43 heavy (non-hydrogen) atoms. The van der Waals surface area contributed by atoms with Gasteiger partial charge in [0.25, 0.3) is 0 Å². The van der Waals surface area contributed by atoms with Gasteiger partial charge in [-0.05, 0) is 43.4 Å². The molecule has 7 fully saturated rings. The number of esters is 2. The fourth-order valence-corrected chi connectivity index (χ4v) is 12.4. The lowest BCUT2D eigenvalue weighted by Crippen LogP contribution is -2.85. The van der Waals surface area contributed by atoms with Gasteiger partial charge in [-0.2, -0.15) is 0 Å². The molecule has 13 atom stereocenters. The lowest BCUT2D eigenvalue weighted by atomic mass is 9.41. The molecule has 5 saturated carbocycles. The Morgan fingerprint density at radius 1 is 1.07 bits per heavy atom. The third kappa shape index (κ3) is 2.97. The van der Waals surface area contributed by atoms with E-state index in [4.69, 9.17) is 28.4 Å². The molecule has 0 aromatic heterocycles. The third-order valence-electron chi connectivity index (χ3n) is 13.2. The van der Waals surface area contributed by atoms with E-state index < -0.39 is 46.3 Å². The fraction of sp³-hybridized carbons (Fsp3) is 0.758. The number of hydrogen-bond donors (Lipinski definition) is 1. The minimum atomic E-state index is -1.38. The van der Waals surface area contributed by atoms with Crippen LogP contribution in [0.3, 0.4) is 0 Å². The molecule has 2 aliphatic heterocycles. The number of aliphatic hydroxyl groups is 1. The van der Waals surface area contributed by atoms with E-state index in [1.165, 1.54) is 6.92 Å². The van der Waals surface area contributed by atoms with Crippen LogP contribution < -0.4 is 0 Å². The number of carbonyl (C=O) groups excluding carboxylic acids is 2. The number of rotatable bonds is 6. The first-order chi connectivity index (χ1) is 20.6. The number of likely N-dealkylation sites (N-methyl/N-ethyl adjacent to an activating group) is 1. The van der Waals surface area contributed by atoms with Crippen molar-refractivity contribution in [3.63, 3.8) is 0 Å². The Morgan fingerprint density at radius 2 is 1.84 bits per heavy atom. The summed E-state index contributed by atoms with van der Waals surface area (Å²) < 4.78 is 39.3. The number of methoxy groups -OCH3 is 2. The average Bonchev–Trinajstić information content (AvgIpc) is 3.53. The van der Waals surface area contributed by atoms with Crippen molar-refractivity contribution in [1.82, 2.24) is 4.90 Å². The molecule has 7 bridgehead atoms. The van der Waals surface area contributed by atoms with Gasteiger partial charge in [-0.3, -0.25) is 9.69 Å². The highest BCUT2D eigenvalue weighted by Crippen LogP contribution is 2.83. The maximum atomic E-state index is 13.7. The molecule has 1 N–H and O–H groups in total. The van der Waals surface area contributed by atoms with E-state index in [-0.39, 0.29) is 48.3 Å². The Morgan fingerprint density at radius 3 is 2.51 bits per heavy atom. The summed E-state index contributed by atoms with van der Waals surface area (Å²) in [5.74, 6) is -1.99. The second-order valence-corrected chi connectivity index (χ2v) is 14.4. The van der Waals surface area contributed by atoms with Crippen LogP contribution in [-0.2, 0) is 33.2 Å². The molecule has 1 unspecified atom stereocenters. The van der Waals surface area contributed by atoms with Gasteiger partial charge in [0.1, 0.15) is 24.6 Å². The van der Waals surface area contributed by atoms with Crippen molar-refractivity contribution in [2.75, 3.05) is 34.1 Å². The summed E-state index contributed by atoms with van der Waals surface area (Å²) in [5, 5.41) is 13.7. The predicted molar refractivity (Wildman–Crippen MR) is 151 cm³/mol. The van der Waals surface area contributed by atoms with E-state index in [0.29, 0.717) is 18.4 Å². The van der Waals surface area contributed by atoms with Crippen molar-refractivity contribution in [1.29, 1.82) is 0 Å². The van der Waals surface area contributed by atoms with Gasteiger partial charge in [0.2, 0.25) is 0 Å². The van der Waals surface area contributed by atoms with Crippen molar-refractivity contribution in [2.24, 2.45) is 28.6 Å². The maximum absolute atomic E-state index is 13.7. The first-order valence-electron chi connectivity index (χ1n) is 15.8. The standard InChI is InChI=1S/C33H43NO9/c1-6-34-16-29(3)13-12-22(39-5)32-25(29)26(42-18(2)35)33(28(32)34)31(40-17-41-33)15-21(38-4)20-14-30(32,37)24(31)23(20)43-27(36)19-10-8-7-9-11-19/h7-11,20-26,28,37H,6,12-17H2,1-5H3/t20-,21+,22-,23+,24+,25-,26+,28?,29+,30+,31-,32-,33-/m1/s1. The summed E-state index contributed by atoms with van der Waals surface area (Å²) in [5.41, 5.74) is -4.37. The number of carbonyl (C=O) groups is 2. The zero-order chi connectivity index (χ0) is 30.2. The molecule has 0 radical (unpaired) electrons. The predicted octanol–water partition coefficient (Wildman–Crippen LogP) is 2.56. The normalized spacial score (nSPS) is 52.0. The molecular weight excluding hydrogens is 554 g/mol. The van der Waals surface area contributed by atoms with Gasteiger partial charge in [0, 0.05) is 45.9 Å². The zero-order valence-corrected chi connectivity index (χ0v) is 25.6. The van der Waals surface area contributed by atoms with Gasteiger partial charge >= 0.3 is 11.9 Å². The Balaban J connectivity index is 1.41. The maximum Gasteiger partial charge on any atom is 0.338 e. The van der Waals surface area contributed by atoms with Crippen LogP contribution in [0.1, 0.15) is 56.8 Å². The molecule has 0 amide bonds. The largest absolute Gasteiger partial charge is 0.459 e. The van der Waals surface area contributed by atoms with Crippen molar-refractivity contribution in [3.8, 4) is 0 Å².